The number of anilines is 2. The fourth-order valence-electron chi connectivity index (χ4n) is 1.57. The molecule has 2 aromatic rings. The Balaban J connectivity index is 2.28. The summed E-state index contributed by atoms with van der Waals surface area (Å²) in [6, 6.07) is 6.39. The van der Waals surface area contributed by atoms with E-state index >= 15 is 0 Å². The number of nitrogens with one attached hydrogen (secondary N) is 2. The van der Waals surface area contributed by atoms with Crippen LogP contribution in [0.3, 0.4) is 0 Å². The molecule has 98 valence electrons. The molecule has 1 aromatic heterocycles. The number of pyridine rings is 1. The Morgan fingerprint density at radius 1 is 1.37 bits per heavy atom. The van der Waals surface area contributed by atoms with E-state index in [2.05, 4.69) is 26.2 Å². The van der Waals surface area contributed by atoms with Crippen molar-refractivity contribution >= 4 is 33.2 Å². The number of rotatable bonds is 2. The number of amides is 1. The summed E-state index contributed by atoms with van der Waals surface area (Å²) < 4.78 is 0.657. The summed E-state index contributed by atoms with van der Waals surface area (Å²) in [6.45, 7) is 1.75. The number of nitrogen functional groups attached to an aromatic ring is 1. The van der Waals surface area contributed by atoms with Crippen molar-refractivity contribution in [2.45, 2.75) is 6.92 Å². The molecule has 0 atom stereocenters. The number of hydrogen-bond donors (Lipinski definition) is 3. The number of nitrogens with two attached hydrogens (primary N) is 1. The minimum atomic E-state index is -0.466. The third-order valence-electron chi connectivity index (χ3n) is 2.54. The molecule has 1 aromatic carbocycles. The van der Waals surface area contributed by atoms with E-state index in [0.717, 1.165) is 0 Å². The Morgan fingerprint density at radius 3 is 2.74 bits per heavy atom. The Bertz CT molecular complexity index is 695. The highest BCUT2D eigenvalue weighted by molar-refractivity contribution is 9.10. The topological polar surface area (TPSA) is 88.0 Å². The quantitative estimate of drug-likeness (QED) is 0.741. The maximum absolute atomic E-state index is 12.0. The van der Waals surface area contributed by atoms with Gasteiger partial charge in [0.1, 0.15) is 5.56 Å². The summed E-state index contributed by atoms with van der Waals surface area (Å²) in [5.41, 5.74) is 7.20. The highest BCUT2D eigenvalue weighted by atomic mass is 79.9. The number of hydrogen-bond acceptors (Lipinski definition) is 3. The van der Waals surface area contributed by atoms with E-state index in [4.69, 9.17) is 5.73 Å². The molecule has 0 bridgehead atoms. The van der Waals surface area contributed by atoms with E-state index in [0.29, 0.717) is 21.5 Å². The summed E-state index contributed by atoms with van der Waals surface area (Å²) >= 11 is 3.30. The lowest BCUT2D eigenvalue weighted by Gasteiger charge is -2.07. The van der Waals surface area contributed by atoms with E-state index in [1.54, 1.807) is 25.1 Å². The van der Waals surface area contributed by atoms with Crippen LogP contribution in [-0.2, 0) is 0 Å². The van der Waals surface area contributed by atoms with E-state index in [1.807, 2.05) is 0 Å². The van der Waals surface area contributed by atoms with Gasteiger partial charge in [-0.05, 0) is 41.1 Å². The van der Waals surface area contributed by atoms with Gasteiger partial charge in [-0.1, -0.05) is 0 Å². The van der Waals surface area contributed by atoms with E-state index in [9.17, 15) is 9.59 Å². The first-order chi connectivity index (χ1) is 8.97. The fraction of sp³-hybridized carbons (Fsp3) is 0.0769. The van der Waals surface area contributed by atoms with Gasteiger partial charge in [-0.25, -0.2) is 0 Å². The molecule has 0 aliphatic carbocycles. The highest BCUT2D eigenvalue weighted by Gasteiger charge is 2.12. The summed E-state index contributed by atoms with van der Waals surface area (Å²) in [5.74, 6) is -0.466. The maximum Gasteiger partial charge on any atom is 0.261 e. The van der Waals surface area contributed by atoms with Crippen LogP contribution in [-0.4, -0.2) is 10.9 Å². The summed E-state index contributed by atoms with van der Waals surface area (Å²) in [5, 5.41) is 2.65. The van der Waals surface area contributed by atoms with E-state index < -0.39 is 5.91 Å². The average Bonchev–Trinajstić information content (AvgIpc) is 2.32. The molecule has 2 rings (SSSR count). The van der Waals surface area contributed by atoms with Crippen LogP contribution in [0, 0.1) is 6.92 Å². The molecule has 0 aliphatic heterocycles. The van der Waals surface area contributed by atoms with Crippen molar-refractivity contribution < 1.29 is 4.79 Å². The third kappa shape index (κ3) is 3.03. The van der Waals surface area contributed by atoms with Crippen LogP contribution in [0.2, 0.25) is 0 Å². The van der Waals surface area contributed by atoms with Crippen LogP contribution in [0.5, 0.6) is 0 Å². The van der Waals surface area contributed by atoms with Crippen molar-refractivity contribution in [1.82, 2.24) is 4.98 Å². The van der Waals surface area contributed by atoms with Crippen molar-refractivity contribution in [2.24, 2.45) is 0 Å². The van der Waals surface area contributed by atoms with Crippen LogP contribution in [0.4, 0.5) is 11.4 Å². The van der Waals surface area contributed by atoms with Crippen LogP contribution in [0.1, 0.15) is 16.1 Å². The van der Waals surface area contributed by atoms with Gasteiger partial charge in [-0.15, -0.1) is 0 Å². The van der Waals surface area contributed by atoms with Gasteiger partial charge < -0.3 is 16.0 Å². The first-order valence-corrected chi connectivity index (χ1v) is 6.32. The molecule has 0 fully saturated rings. The minimum Gasteiger partial charge on any atom is -0.399 e. The number of aromatic nitrogens is 1. The van der Waals surface area contributed by atoms with Crippen molar-refractivity contribution in [3.63, 3.8) is 0 Å². The largest absolute Gasteiger partial charge is 0.399 e. The van der Waals surface area contributed by atoms with Crippen LogP contribution < -0.4 is 16.5 Å². The monoisotopic (exact) mass is 321 g/mol. The molecular formula is C13H12BrN3O2. The number of H-pyrrole nitrogens is 1. The normalized spacial score (nSPS) is 10.2. The van der Waals surface area contributed by atoms with Crippen molar-refractivity contribution in [3.8, 4) is 0 Å². The zero-order valence-electron chi connectivity index (χ0n) is 10.2. The fourth-order valence-corrected chi connectivity index (χ4v) is 2.07. The van der Waals surface area contributed by atoms with Crippen LogP contribution >= 0.6 is 15.9 Å². The predicted octanol–water partition coefficient (Wildman–Crippen LogP) is 2.28. The average molecular weight is 322 g/mol. The number of halogens is 1. The Hall–Kier alpha value is -2.08. The lowest BCUT2D eigenvalue weighted by atomic mass is 10.2. The van der Waals surface area contributed by atoms with Gasteiger partial charge in [0.2, 0.25) is 0 Å². The SMILES string of the molecule is Cc1cc(=O)c(C(=O)Nc2ccc(N)cc2Br)c[nH]1. The predicted molar refractivity (Wildman–Crippen MR) is 78.3 cm³/mol. The zero-order chi connectivity index (χ0) is 14.0. The van der Waals surface area contributed by atoms with E-state index in [1.165, 1.54) is 12.3 Å². The molecule has 6 heteroatoms. The molecular weight excluding hydrogens is 310 g/mol. The number of carbonyl (C=O) groups excluding carboxylic acids is 1. The Labute approximate surface area is 118 Å². The maximum atomic E-state index is 12.0. The molecule has 0 saturated heterocycles. The third-order valence-corrected chi connectivity index (χ3v) is 3.20. The molecule has 1 heterocycles. The van der Waals surface area contributed by atoms with Gasteiger partial charge in [0.05, 0.1) is 5.69 Å². The van der Waals surface area contributed by atoms with E-state index in [-0.39, 0.29) is 11.0 Å². The summed E-state index contributed by atoms with van der Waals surface area (Å²) in [6.07, 6.45) is 1.40. The molecule has 5 nitrogen and oxygen atoms in total. The molecule has 0 spiro atoms. The number of carbonyl (C=O) groups is 1. The molecule has 0 radical (unpaired) electrons. The second-order valence-electron chi connectivity index (χ2n) is 4.09. The minimum absolute atomic E-state index is 0.0642. The molecule has 0 saturated carbocycles. The highest BCUT2D eigenvalue weighted by Crippen LogP contribution is 2.24. The number of aryl methyl sites for hydroxylation is 1. The van der Waals surface area contributed by atoms with Gasteiger partial charge in [0.15, 0.2) is 5.43 Å². The van der Waals surface area contributed by atoms with Crippen LogP contribution in [0.15, 0.2) is 39.7 Å². The van der Waals surface area contributed by atoms with Gasteiger partial charge in [0.25, 0.3) is 5.91 Å². The number of benzene rings is 1. The second-order valence-corrected chi connectivity index (χ2v) is 4.94. The van der Waals surface area contributed by atoms with Crippen molar-refractivity contribution in [3.05, 3.63) is 56.4 Å². The second kappa shape index (κ2) is 5.27. The van der Waals surface area contributed by atoms with Crippen LogP contribution in [0.25, 0.3) is 0 Å². The van der Waals surface area contributed by atoms with Gasteiger partial charge >= 0.3 is 0 Å². The molecule has 1 amide bonds. The summed E-state index contributed by atoms with van der Waals surface area (Å²) in [7, 11) is 0. The Morgan fingerprint density at radius 2 is 2.11 bits per heavy atom. The van der Waals surface area contributed by atoms with Gasteiger partial charge in [-0.3, -0.25) is 9.59 Å². The molecule has 19 heavy (non-hydrogen) atoms. The Kier molecular flexibility index (Phi) is 3.71. The van der Waals surface area contributed by atoms with Gasteiger partial charge in [0, 0.05) is 28.1 Å². The molecule has 4 N–H and O–H groups in total. The number of aromatic amines is 1. The summed E-state index contributed by atoms with van der Waals surface area (Å²) in [4.78, 5) is 26.5. The van der Waals surface area contributed by atoms with Gasteiger partial charge in [-0.2, -0.15) is 0 Å². The first kappa shape index (κ1) is 13.4. The van der Waals surface area contributed by atoms with Crippen molar-refractivity contribution in [1.29, 1.82) is 0 Å². The first-order valence-electron chi connectivity index (χ1n) is 5.53. The standard InChI is InChI=1S/C13H12BrN3O2/c1-7-4-12(18)9(6-16-7)13(19)17-11-3-2-8(15)5-10(11)14/h2-6H,15H2,1H3,(H,16,18)(H,17,19). The molecule has 0 aliphatic rings. The van der Waals surface area contributed by atoms with Crippen molar-refractivity contribution in [2.75, 3.05) is 11.1 Å². The molecule has 0 unspecified atom stereocenters. The smallest absolute Gasteiger partial charge is 0.261 e. The lowest BCUT2D eigenvalue weighted by Crippen LogP contribution is -2.21. The zero-order valence-corrected chi connectivity index (χ0v) is 11.7. The lowest BCUT2D eigenvalue weighted by molar-refractivity contribution is 0.102.